The van der Waals surface area contributed by atoms with Gasteiger partial charge in [-0.25, -0.2) is 0 Å². The van der Waals surface area contributed by atoms with Gasteiger partial charge in [-0.3, -0.25) is 9.89 Å². The lowest BCUT2D eigenvalue weighted by Gasteiger charge is -2.19. The van der Waals surface area contributed by atoms with E-state index in [4.69, 9.17) is 5.73 Å². The molecule has 0 atom stereocenters. The molecule has 0 aliphatic rings. The van der Waals surface area contributed by atoms with E-state index >= 15 is 0 Å². The number of benzene rings is 2. The van der Waals surface area contributed by atoms with E-state index in [1.807, 2.05) is 12.1 Å². The van der Waals surface area contributed by atoms with Gasteiger partial charge in [0.25, 0.3) is 5.91 Å². The number of nitrogens with two attached hydrogens (primary N) is 1. The minimum atomic E-state index is -0.462. The van der Waals surface area contributed by atoms with Crippen molar-refractivity contribution in [1.82, 2.24) is 10.2 Å². The van der Waals surface area contributed by atoms with E-state index in [2.05, 4.69) is 55.2 Å². The zero-order valence-electron chi connectivity index (χ0n) is 16.6. The fourth-order valence-electron chi connectivity index (χ4n) is 3.27. The van der Waals surface area contributed by atoms with E-state index in [1.165, 1.54) is 5.56 Å². The molecule has 0 saturated carbocycles. The molecule has 0 saturated heterocycles. The molecule has 5 heteroatoms. The Morgan fingerprint density at radius 1 is 1.00 bits per heavy atom. The smallest absolute Gasteiger partial charge is 0.252 e. The normalized spacial score (nSPS) is 11.5. The lowest BCUT2D eigenvalue weighted by Crippen LogP contribution is -2.15. The maximum absolute atomic E-state index is 12.1. The van der Waals surface area contributed by atoms with E-state index < -0.39 is 5.91 Å². The number of phenolic OH excluding ortho intramolecular Hbond substituents is 1. The van der Waals surface area contributed by atoms with Crippen LogP contribution in [0.15, 0.2) is 48.5 Å². The van der Waals surface area contributed by atoms with Crippen molar-refractivity contribution in [2.45, 2.75) is 45.4 Å². The molecule has 5 nitrogen and oxygen atoms in total. The SMILES string of the molecule is CC(C)(C)c1ccc(Cc2[nH]nc(CCc3ccc(O)cc3)c2C(N)=O)cc1. The second-order valence-electron chi connectivity index (χ2n) is 8.18. The molecule has 0 radical (unpaired) electrons. The second-order valence-corrected chi connectivity index (χ2v) is 8.18. The number of phenols is 1. The summed E-state index contributed by atoms with van der Waals surface area (Å²) in [6.07, 6.45) is 1.89. The van der Waals surface area contributed by atoms with Crippen LogP contribution in [0.5, 0.6) is 5.75 Å². The van der Waals surface area contributed by atoms with Gasteiger partial charge in [0.05, 0.1) is 17.0 Å². The molecule has 28 heavy (non-hydrogen) atoms. The molecule has 2 aromatic carbocycles. The topological polar surface area (TPSA) is 92.0 Å². The Morgan fingerprint density at radius 2 is 1.61 bits per heavy atom. The van der Waals surface area contributed by atoms with Crippen LogP contribution in [0.4, 0.5) is 0 Å². The predicted molar refractivity (Wildman–Crippen MR) is 111 cm³/mol. The monoisotopic (exact) mass is 377 g/mol. The van der Waals surface area contributed by atoms with E-state index in [-0.39, 0.29) is 11.2 Å². The maximum atomic E-state index is 12.1. The molecule has 3 rings (SSSR count). The van der Waals surface area contributed by atoms with Crippen LogP contribution in [-0.2, 0) is 24.7 Å². The number of carbonyl (C=O) groups excluding carboxylic acids is 1. The molecule has 0 aliphatic carbocycles. The van der Waals surface area contributed by atoms with E-state index in [0.717, 1.165) is 16.8 Å². The Morgan fingerprint density at radius 3 is 2.18 bits per heavy atom. The highest BCUT2D eigenvalue weighted by Gasteiger charge is 2.19. The predicted octanol–water partition coefficient (Wildman–Crippen LogP) is 3.89. The summed E-state index contributed by atoms with van der Waals surface area (Å²) in [5.41, 5.74) is 11.1. The number of primary amides is 1. The number of nitrogens with one attached hydrogen (secondary N) is 1. The lowest BCUT2D eigenvalue weighted by molar-refractivity contribution is 0.0998. The Balaban J connectivity index is 1.77. The summed E-state index contributed by atoms with van der Waals surface area (Å²) < 4.78 is 0. The molecule has 4 N–H and O–H groups in total. The first-order chi connectivity index (χ1) is 13.2. The first-order valence-electron chi connectivity index (χ1n) is 9.47. The van der Waals surface area contributed by atoms with Gasteiger partial charge in [0.2, 0.25) is 0 Å². The Labute approximate surface area is 165 Å². The van der Waals surface area contributed by atoms with Crippen molar-refractivity contribution in [3.8, 4) is 5.75 Å². The highest BCUT2D eigenvalue weighted by Crippen LogP contribution is 2.24. The van der Waals surface area contributed by atoms with Crippen LogP contribution in [-0.4, -0.2) is 21.2 Å². The summed E-state index contributed by atoms with van der Waals surface area (Å²) in [5, 5.41) is 16.7. The third-order valence-corrected chi connectivity index (χ3v) is 4.95. The molecule has 0 fully saturated rings. The van der Waals surface area contributed by atoms with Crippen molar-refractivity contribution in [2.24, 2.45) is 5.73 Å². The number of aromatic amines is 1. The fourth-order valence-corrected chi connectivity index (χ4v) is 3.27. The summed E-state index contributed by atoms with van der Waals surface area (Å²) in [6.45, 7) is 6.55. The lowest BCUT2D eigenvalue weighted by atomic mass is 9.86. The fraction of sp³-hybridized carbons (Fsp3) is 0.304. The van der Waals surface area contributed by atoms with Crippen molar-refractivity contribution >= 4 is 5.91 Å². The second kappa shape index (κ2) is 7.89. The number of hydrogen-bond donors (Lipinski definition) is 3. The number of amides is 1. The van der Waals surface area contributed by atoms with Gasteiger partial charge in [-0.2, -0.15) is 5.10 Å². The number of aryl methyl sites for hydroxylation is 2. The molecule has 3 aromatic rings. The number of nitrogens with zero attached hydrogens (tertiary/aromatic N) is 1. The number of aromatic hydroxyl groups is 1. The third-order valence-electron chi connectivity index (χ3n) is 4.95. The average molecular weight is 377 g/mol. The number of aromatic nitrogens is 2. The zero-order chi connectivity index (χ0) is 20.3. The van der Waals surface area contributed by atoms with Crippen LogP contribution in [0.2, 0.25) is 0 Å². The van der Waals surface area contributed by atoms with Gasteiger partial charge in [0.1, 0.15) is 5.75 Å². The molecule has 0 bridgehead atoms. The minimum absolute atomic E-state index is 0.103. The number of hydrogen-bond acceptors (Lipinski definition) is 3. The summed E-state index contributed by atoms with van der Waals surface area (Å²) in [7, 11) is 0. The van der Waals surface area contributed by atoms with Gasteiger partial charge in [-0.05, 0) is 47.1 Å². The largest absolute Gasteiger partial charge is 0.508 e. The number of H-pyrrole nitrogens is 1. The van der Waals surface area contributed by atoms with Crippen molar-refractivity contribution in [3.05, 3.63) is 82.2 Å². The standard InChI is InChI=1S/C23H27N3O2/c1-23(2,3)17-9-4-16(5-10-17)14-20-21(22(24)28)19(25-26-20)13-8-15-6-11-18(27)12-7-15/h4-7,9-12,27H,8,13-14H2,1-3H3,(H2,24,28)(H,25,26). The quantitative estimate of drug-likeness (QED) is 0.608. The van der Waals surface area contributed by atoms with E-state index in [0.29, 0.717) is 30.5 Å². The number of rotatable bonds is 6. The van der Waals surface area contributed by atoms with Crippen molar-refractivity contribution in [3.63, 3.8) is 0 Å². The van der Waals surface area contributed by atoms with Gasteiger partial charge in [0.15, 0.2) is 0 Å². The Hall–Kier alpha value is -3.08. The number of carbonyl (C=O) groups is 1. The van der Waals surface area contributed by atoms with Crippen LogP contribution < -0.4 is 5.73 Å². The van der Waals surface area contributed by atoms with Crippen molar-refractivity contribution in [1.29, 1.82) is 0 Å². The van der Waals surface area contributed by atoms with Gasteiger partial charge >= 0.3 is 0 Å². The van der Waals surface area contributed by atoms with Crippen LogP contribution >= 0.6 is 0 Å². The molecule has 0 aliphatic heterocycles. The Bertz CT molecular complexity index is 949. The molecular weight excluding hydrogens is 350 g/mol. The average Bonchev–Trinajstić information content (AvgIpc) is 3.04. The summed E-state index contributed by atoms with van der Waals surface area (Å²) in [4.78, 5) is 12.1. The molecule has 146 valence electrons. The van der Waals surface area contributed by atoms with Crippen LogP contribution in [0.1, 0.15) is 59.2 Å². The molecule has 0 unspecified atom stereocenters. The van der Waals surface area contributed by atoms with E-state index in [1.54, 1.807) is 12.1 Å². The van der Waals surface area contributed by atoms with Crippen LogP contribution in [0, 0.1) is 0 Å². The minimum Gasteiger partial charge on any atom is -0.508 e. The Kier molecular flexibility index (Phi) is 5.54. The van der Waals surface area contributed by atoms with Crippen molar-refractivity contribution in [2.75, 3.05) is 0 Å². The molecule has 0 spiro atoms. The van der Waals surface area contributed by atoms with Crippen LogP contribution in [0.25, 0.3) is 0 Å². The maximum Gasteiger partial charge on any atom is 0.252 e. The summed E-state index contributed by atoms with van der Waals surface area (Å²) in [5.74, 6) is -0.225. The summed E-state index contributed by atoms with van der Waals surface area (Å²) in [6, 6.07) is 15.5. The van der Waals surface area contributed by atoms with E-state index in [9.17, 15) is 9.90 Å². The van der Waals surface area contributed by atoms with Gasteiger partial charge in [0, 0.05) is 6.42 Å². The van der Waals surface area contributed by atoms with Gasteiger partial charge < -0.3 is 10.8 Å². The first-order valence-corrected chi connectivity index (χ1v) is 9.47. The highest BCUT2D eigenvalue weighted by atomic mass is 16.3. The van der Waals surface area contributed by atoms with Gasteiger partial charge in [-0.1, -0.05) is 57.2 Å². The molecule has 1 amide bonds. The third kappa shape index (κ3) is 4.60. The molecular formula is C23H27N3O2. The highest BCUT2D eigenvalue weighted by molar-refractivity contribution is 5.95. The summed E-state index contributed by atoms with van der Waals surface area (Å²) >= 11 is 0. The van der Waals surface area contributed by atoms with Crippen molar-refractivity contribution < 1.29 is 9.90 Å². The molecule has 1 aromatic heterocycles. The molecule has 1 heterocycles. The van der Waals surface area contributed by atoms with Gasteiger partial charge in [-0.15, -0.1) is 0 Å². The zero-order valence-corrected chi connectivity index (χ0v) is 16.6. The first kappa shape index (κ1) is 19.7. The van der Waals surface area contributed by atoms with Crippen LogP contribution in [0.3, 0.4) is 0 Å².